The predicted octanol–water partition coefficient (Wildman–Crippen LogP) is -0.652. The number of nitrogens with two attached hydrogens (primary N) is 1. The number of hydrogen-bond donors (Lipinski definition) is 4. The predicted molar refractivity (Wildman–Crippen MR) is 106 cm³/mol. The number of primary amides is 1. The topological polar surface area (TPSA) is 177 Å². The van der Waals surface area contributed by atoms with Crippen LogP contribution in [0.4, 0.5) is 0 Å². The fourth-order valence-corrected chi connectivity index (χ4v) is 2.90. The van der Waals surface area contributed by atoms with E-state index in [1.165, 1.54) is 28.9 Å². The van der Waals surface area contributed by atoms with E-state index >= 15 is 0 Å². The molecule has 0 spiro atoms. The molecular weight excluding hydrogens is 404 g/mol. The van der Waals surface area contributed by atoms with Gasteiger partial charge in [0.25, 0.3) is 5.62 Å². The van der Waals surface area contributed by atoms with E-state index in [0.717, 1.165) is 12.8 Å². The maximum atomic E-state index is 11.4. The summed E-state index contributed by atoms with van der Waals surface area (Å²) < 4.78 is 7.23. The largest absolute Gasteiger partial charge is 0.493 e. The van der Waals surface area contributed by atoms with Crippen LogP contribution in [-0.4, -0.2) is 46.6 Å². The van der Waals surface area contributed by atoms with Crippen LogP contribution in [0.2, 0.25) is 0 Å². The third-order valence-corrected chi connectivity index (χ3v) is 4.59. The van der Waals surface area contributed by atoms with Crippen molar-refractivity contribution in [3.8, 4) is 17.6 Å². The molecule has 0 radical (unpaired) electrons. The Kier molecular flexibility index (Phi) is 4.24. The van der Waals surface area contributed by atoms with Crippen molar-refractivity contribution in [2.45, 2.75) is 18.9 Å². The van der Waals surface area contributed by atoms with Crippen molar-refractivity contribution >= 4 is 17.6 Å². The van der Waals surface area contributed by atoms with Gasteiger partial charge in [-0.2, -0.15) is 19.6 Å². The van der Waals surface area contributed by atoms with Gasteiger partial charge in [0.15, 0.2) is 5.65 Å². The number of benzene rings is 1. The number of aromatic nitrogens is 6. The molecule has 0 atom stereocenters. The van der Waals surface area contributed by atoms with Gasteiger partial charge in [-0.3, -0.25) is 9.78 Å². The number of imidazole rings is 1. The Hall–Kier alpha value is -4.48. The number of rotatable bonds is 5. The number of nitrogens with one attached hydrogen (secondary N) is 2. The fourth-order valence-electron chi connectivity index (χ4n) is 2.90. The molecule has 4 aromatic rings. The molecular formula is C19H16N8O4. The second-order valence-electron chi connectivity index (χ2n) is 6.98. The molecule has 5 N–H and O–H groups in total. The van der Waals surface area contributed by atoms with Crippen LogP contribution in [0, 0.1) is 0 Å². The van der Waals surface area contributed by atoms with Crippen LogP contribution in [0.3, 0.4) is 0 Å². The average molecular weight is 420 g/mol. The fraction of sp³-hybridized carbons (Fsp3) is 0.158. The van der Waals surface area contributed by atoms with E-state index in [2.05, 4.69) is 30.0 Å². The molecule has 3 aromatic heterocycles. The Morgan fingerprint density at radius 2 is 2.03 bits per heavy atom. The maximum Gasteiger partial charge on any atom is 0.327 e. The number of aromatic amines is 2. The molecule has 0 bridgehead atoms. The Morgan fingerprint density at radius 1 is 1.26 bits per heavy atom. The number of H-pyrrole nitrogens is 2. The minimum absolute atomic E-state index is 0.0284. The van der Waals surface area contributed by atoms with Crippen LogP contribution >= 0.6 is 0 Å². The van der Waals surface area contributed by atoms with Gasteiger partial charge in [-0.15, -0.1) is 0 Å². The first kappa shape index (κ1) is 18.5. The lowest BCUT2D eigenvalue weighted by molar-refractivity contribution is 0.100. The Labute approximate surface area is 172 Å². The van der Waals surface area contributed by atoms with E-state index in [1.54, 1.807) is 12.1 Å². The monoisotopic (exact) mass is 420 g/mol. The molecule has 0 aliphatic heterocycles. The van der Waals surface area contributed by atoms with Gasteiger partial charge in [0, 0.05) is 10.8 Å². The molecule has 5 rings (SSSR count). The van der Waals surface area contributed by atoms with Crippen LogP contribution in [0.25, 0.3) is 11.7 Å². The third-order valence-electron chi connectivity index (χ3n) is 4.59. The van der Waals surface area contributed by atoms with Gasteiger partial charge in [-0.05, 0) is 43.2 Å². The number of carbonyl (C=O) groups excluding carboxylic acids is 1. The van der Waals surface area contributed by atoms with Crippen LogP contribution in [-0.2, 0) is 0 Å². The normalized spacial score (nSPS) is 15.0. The average Bonchev–Trinajstić information content (AvgIpc) is 3.37. The van der Waals surface area contributed by atoms with Gasteiger partial charge in [0.05, 0.1) is 12.2 Å². The second kappa shape index (κ2) is 7.09. The number of nitrogens with zero attached hydrogens (tertiary/aromatic N) is 5. The molecule has 156 valence electrons. The lowest BCUT2D eigenvalue weighted by Gasteiger charge is -2.05. The number of carbonyl (C=O) groups is 1. The molecule has 12 nitrogen and oxygen atoms in total. The van der Waals surface area contributed by atoms with Crippen molar-refractivity contribution < 1.29 is 14.6 Å². The van der Waals surface area contributed by atoms with Gasteiger partial charge >= 0.3 is 11.7 Å². The minimum Gasteiger partial charge on any atom is -0.493 e. The Balaban J connectivity index is 1.62. The highest BCUT2D eigenvalue weighted by molar-refractivity contribution is 5.92. The van der Waals surface area contributed by atoms with Gasteiger partial charge in [0.2, 0.25) is 11.8 Å². The summed E-state index contributed by atoms with van der Waals surface area (Å²) in [4.78, 5) is 40.7. The molecule has 0 saturated heterocycles. The van der Waals surface area contributed by atoms with Crippen molar-refractivity contribution in [3.63, 3.8) is 0 Å². The molecule has 31 heavy (non-hydrogen) atoms. The summed E-state index contributed by atoms with van der Waals surface area (Å²) in [6.07, 6.45) is 4.98. The van der Waals surface area contributed by atoms with Crippen molar-refractivity contribution in [1.82, 2.24) is 29.5 Å². The first-order valence-corrected chi connectivity index (χ1v) is 9.36. The van der Waals surface area contributed by atoms with Crippen molar-refractivity contribution in [3.05, 3.63) is 63.0 Å². The smallest absolute Gasteiger partial charge is 0.327 e. The number of aromatic hydroxyl groups is 1. The molecule has 1 aromatic carbocycles. The molecule has 0 unspecified atom stereocenters. The van der Waals surface area contributed by atoms with E-state index in [1.807, 2.05) is 0 Å². The SMILES string of the molecule is NC(=O)c1ccc(Oc2nc(=NC3CC3)n3ncc(=Cc4[nH]c(=O)[nH]c4O)c3n2)cc1. The van der Waals surface area contributed by atoms with Gasteiger partial charge < -0.3 is 20.6 Å². The number of amides is 1. The van der Waals surface area contributed by atoms with Crippen molar-refractivity contribution in [1.29, 1.82) is 0 Å². The summed E-state index contributed by atoms with van der Waals surface area (Å²) in [6, 6.07) is 6.43. The Bertz CT molecular complexity index is 1480. The number of hydrogen-bond acceptors (Lipinski definition) is 8. The van der Waals surface area contributed by atoms with Gasteiger partial charge in [-0.25, -0.2) is 9.79 Å². The third kappa shape index (κ3) is 3.73. The standard InChI is InChI=1S/C19H16N8O4/c20-14(28)9-1-5-12(6-2-9)31-19-24-15-10(7-13-16(29)25-18(30)23-13)8-21-27(15)17(26-19)22-11-3-4-11/h1-2,5-8,11,29H,3-4H2,(H2,20,28)(H2,23,25,30). The van der Waals surface area contributed by atoms with Crippen LogP contribution in [0.5, 0.6) is 17.6 Å². The van der Waals surface area contributed by atoms with Crippen LogP contribution in [0.15, 0.2) is 40.2 Å². The highest BCUT2D eigenvalue weighted by Gasteiger charge is 2.21. The molecule has 1 aliphatic carbocycles. The summed E-state index contributed by atoms with van der Waals surface area (Å²) in [7, 11) is 0. The van der Waals surface area contributed by atoms with E-state index < -0.39 is 11.6 Å². The summed E-state index contributed by atoms with van der Waals surface area (Å²) in [6.45, 7) is 0. The molecule has 1 fully saturated rings. The summed E-state index contributed by atoms with van der Waals surface area (Å²) in [5.41, 5.74) is 5.95. The van der Waals surface area contributed by atoms with E-state index in [0.29, 0.717) is 27.8 Å². The Morgan fingerprint density at radius 3 is 2.68 bits per heavy atom. The van der Waals surface area contributed by atoms with Gasteiger partial charge in [0.1, 0.15) is 11.4 Å². The van der Waals surface area contributed by atoms with E-state index in [9.17, 15) is 14.7 Å². The zero-order chi connectivity index (χ0) is 21.5. The summed E-state index contributed by atoms with van der Waals surface area (Å²) in [5.74, 6) is -0.433. The van der Waals surface area contributed by atoms with E-state index in [4.69, 9.17) is 10.5 Å². The van der Waals surface area contributed by atoms with Crippen LogP contribution < -0.4 is 27.0 Å². The lowest BCUT2D eigenvalue weighted by Crippen LogP contribution is -2.23. The highest BCUT2D eigenvalue weighted by Crippen LogP contribution is 2.22. The summed E-state index contributed by atoms with van der Waals surface area (Å²) >= 11 is 0. The van der Waals surface area contributed by atoms with Crippen molar-refractivity contribution in [2.75, 3.05) is 0 Å². The number of ether oxygens (including phenoxy) is 1. The first-order valence-electron chi connectivity index (χ1n) is 9.36. The maximum absolute atomic E-state index is 11.4. The molecule has 1 saturated carbocycles. The lowest BCUT2D eigenvalue weighted by atomic mass is 10.2. The first-order chi connectivity index (χ1) is 15.0. The zero-order valence-electron chi connectivity index (χ0n) is 15.9. The molecule has 3 heterocycles. The van der Waals surface area contributed by atoms with E-state index in [-0.39, 0.29) is 23.6 Å². The van der Waals surface area contributed by atoms with Crippen molar-refractivity contribution in [2.24, 2.45) is 10.7 Å². The molecule has 12 heteroatoms. The highest BCUT2D eigenvalue weighted by atomic mass is 16.5. The quantitative estimate of drug-likeness (QED) is 0.331. The molecule has 1 aliphatic rings. The minimum atomic E-state index is -0.541. The summed E-state index contributed by atoms with van der Waals surface area (Å²) in [5, 5.41) is 14.6. The molecule has 1 amide bonds. The van der Waals surface area contributed by atoms with Crippen LogP contribution in [0.1, 0.15) is 28.9 Å². The van der Waals surface area contributed by atoms with Gasteiger partial charge in [-0.1, -0.05) is 0 Å². The second-order valence-corrected chi connectivity index (χ2v) is 6.98. The zero-order valence-corrected chi connectivity index (χ0v) is 15.9. The number of fused-ring (bicyclic) bond motifs is 1.